The number of thiophene rings is 1. The van der Waals surface area contributed by atoms with E-state index in [1.165, 1.54) is 9.75 Å². The minimum Gasteiger partial charge on any atom is -0.479 e. The molecule has 0 spiro atoms. The molecule has 0 aliphatic carbocycles. The fourth-order valence-corrected chi connectivity index (χ4v) is 2.86. The van der Waals surface area contributed by atoms with E-state index in [1.54, 1.807) is 0 Å². The number of hydrogen-bond donors (Lipinski definition) is 1. The molecule has 0 amide bonds. The van der Waals surface area contributed by atoms with Gasteiger partial charge >= 0.3 is 0 Å². The molecule has 0 saturated heterocycles. The largest absolute Gasteiger partial charge is 0.479 e. The lowest BCUT2D eigenvalue weighted by atomic mass is 10.2. The van der Waals surface area contributed by atoms with Crippen molar-refractivity contribution in [1.82, 2.24) is 0 Å². The van der Waals surface area contributed by atoms with Crippen LogP contribution in [0.1, 0.15) is 29.6 Å². The fraction of sp³-hybridized carbons (Fsp3) is 0.312. The average molecular weight is 286 g/mol. The summed E-state index contributed by atoms with van der Waals surface area (Å²) in [6.45, 7) is 4.41. The molecule has 0 aliphatic rings. The third-order valence-electron chi connectivity index (χ3n) is 3.00. The van der Waals surface area contributed by atoms with E-state index in [0.717, 1.165) is 12.1 Å². The van der Waals surface area contributed by atoms with E-state index >= 15 is 0 Å². The highest BCUT2D eigenvalue weighted by Gasteiger charge is 2.08. The van der Waals surface area contributed by atoms with Crippen LogP contribution in [0.4, 0.5) is 5.69 Å². The number of rotatable bonds is 6. The fourth-order valence-electron chi connectivity index (χ4n) is 1.90. The van der Waals surface area contributed by atoms with Crippen molar-refractivity contribution in [2.75, 3.05) is 11.9 Å². The molecule has 1 N–H and O–H groups in total. The Morgan fingerprint density at radius 3 is 2.60 bits per heavy atom. The second-order valence-corrected chi connectivity index (χ2v) is 5.69. The van der Waals surface area contributed by atoms with Crippen LogP contribution in [0.3, 0.4) is 0 Å². The Morgan fingerprint density at radius 1 is 1.25 bits per heavy atom. The van der Waals surface area contributed by atoms with Crippen molar-refractivity contribution in [1.29, 1.82) is 5.26 Å². The van der Waals surface area contributed by atoms with E-state index in [1.807, 2.05) is 41.7 Å². The molecule has 1 heterocycles. The molecule has 104 valence electrons. The number of aryl methyl sites for hydroxylation is 1. The molecule has 1 atom stereocenters. The highest BCUT2D eigenvalue weighted by atomic mass is 32.1. The van der Waals surface area contributed by atoms with E-state index in [4.69, 9.17) is 10.00 Å². The van der Waals surface area contributed by atoms with Gasteiger partial charge in [0.25, 0.3) is 0 Å². The van der Waals surface area contributed by atoms with Gasteiger partial charge in [-0.15, -0.1) is 11.3 Å². The molecule has 0 aliphatic heterocycles. The van der Waals surface area contributed by atoms with Crippen molar-refractivity contribution in [3.05, 3.63) is 46.2 Å². The topological polar surface area (TPSA) is 45.0 Å². The number of nitriles is 1. The molecule has 1 unspecified atom stereocenters. The van der Waals surface area contributed by atoms with Gasteiger partial charge in [-0.1, -0.05) is 6.92 Å². The van der Waals surface area contributed by atoms with Crippen molar-refractivity contribution < 1.29 is 4.74 Å². The number of benzene rings is 1. The van der Waals surface area contributed by atoms with Crippen molar-refractivity contribution in [3.8, 4) is 11.8 Å². The molecule has 20 heavy (non-hydrogen) atoms. The van der Waals surface area contributed by atoms with Gasteiger partial charge in [0.05, 0.1) is 6.04 Å². The summed E-state index contributed by atoms with van der Waals surface area (Å²) in [4.78, 5) is 2.75. The van der Waals surface area contributed by atoms with Gasteiger partial charge in [-0.05, 0) is 49.7 Å². The summed E-state index contributed by atoms with van der Waals surface area (Å²) >= 11 is 1.85. The van der Waals surface area contributed by atoms with Gasteiger partial charge in [-0.2, -0.15) is 5.26 Å². The third-order valence-corrected chi connectivity index (χ3v) is 4.41. The molecule has 0 radical (unpaired) electrons. The first-order valence-corrected chi connectivity index (χ1v) is 7.49. The molecule has 3 nitrogen and oxygen atoms in total. The summed E-state index contributed by atoms with van der Waals surface area (Å²) in [6, 6.07) is 14.3. The summed E-state index contributed by atoms with van der Waals surface area (Å²) in [5, 5.41) is 11.9. The molecule has 0 saturated carbocycles. The summed E-state index contributed by atoms with van der Waals surface area (Å²) in [6.07, 6.45) is 1.09. The molecule has 2 rings (SSSR count). The van der Waals surface area contributed by atoms with Gasteiger partial charge in [-0.3, -0.25) is 0 Å². The summed E-state index contributed by atoms with van der Waals surface area (Å²) < 4.78 is 5.23. The zero-order valence-electron chi connectivity index (χ0n) is 11.7. The number of nitrogens with zero attached hydrogens (tertiary/aromatic N) is 1. The number of anilines is 1. The van der Waals surface area contributed by atoms with Crippen LogP contribution in [-0.2, 0) is 6.42 Å². The Balaban J connectivity index is 1.97. The van der Waals surface area contributed by atoms with Crippen molar-refractivity contribution in [2.24, 2.45) is 0 Å². The van der Waals surface area contributed by atoms with E-state index in [9.17, 15) is 0 Å². The zero-order chi connectivity index (χ0) is 14.4. The maximum atomic E-state index is 8.46. The van der Waals surface area contributed by atoms with Gasteiger partial charge < -0.3 is 10.1 Å². The predicted molar refractivity (Wildman–Crippen MR) is 83.3 cm³/mol. The molecular formula is C16H18N2OS. The minimum absolute atomic E-state index is 0.0815. The Morgan fingerprint density at radius 2 is 2.00 bits per heavy atom. The van der Waals surface area contributed by atoms with E-state index < -0.39 is 0 Å². The van der Waals surface area contributed by atoms with Gasteiger partial charge in [0.2, 0.25) is 0 Å². The van der Waals surface area contributed by atoms with E-state index in [2.05, 4.69) is 31.3 Å². The Kier molecular flexibility index (Phi) is 5.03. The summed E-state index contributed by atoms with van der Waals surface area (Å²) in [5.74, 6) is 0.717. The van der Waals surface area contributed by atoms with E-state index in [0.29, 0.717) is 5.75 Å². The normalized spacial score (nSPS) is 11.7. The molecule has 1 aromatic heterocycles. The van der Waals surface area contributed by atoms with Crippen LogP contribution < -0.4 is 10.1 Å². The SMILES string of the molecule is CCc1ccc(C(C)Nc2ccc(OCC#N)cc2)s1. The first-order chi connectivity index (χ1) is 9.72. The van der Waals surface area contributed by atoms with Crippen LogP contribution in [0.2, 0.25) is 0 Å². The minimum atomic E-state index is 0.0815. The number of nitrogens with one attached hydrogen (secondary N) is 1. The van der Waals surface area contributed by atoms with Gasteiger partial charge in [0, 0.05) is 15.4 Å². The van der Waals surface area contributed by atoms with Crippen LogP contribution in [-0.4, -0.2) is 6.61 Å². The molecule has 0 fully saturated rings. The smallest absolute Gasteiger partial charge is 0.174 e. The molecule has 4 heteroatoms. The second kappa shape index (κ2) is 6.97. The lowest BCUT2D eigenvalue weighted by Crippen LogP contribution is -2.04. The Hall–Kier alpha value is -1.99. The molecule has 2 aromatic rings. The van der Waals surface area contributed by atoms with Crippen molar-refractivity contribution in [3.63, 3.8) is 0 Å². The molecule has 1 aromatic carbocycles. The summed E-state index contributed by atoms with van der Waals surface area (Å²) in [5.41, 5.74) is 1.05. The van der Waals surface area contributed by atoms with Crippen molar-refractivity contribution >= 4 is 17.0 Å². The van der Waals surface area contributed by atoms with Gasteiger partial charge in [0.15, 0.2) is 6.61 Å². The highest BCUT2D eigenvalue weighted by Crippen LogP contribution is 2.27. The van der Waals surface area contributed by atoms with Gasteiger partial charge in [0.1, 0.15) is 11.8 Å². The zero-order valence-corrected chi connectivity index (χ0v) is 12.5. The Bertz CT molecular complexity index is 583. The van der Waals surface area contributed by atoms with Crippen molar-refractivity contribution in [2.45, 2.75) is 26.3 Å². The highest BCUT2D eigenvalue weighted by molar-refractivity contribution is 7.12. The van der Waals surface area contributed by atoms with Crippen LogP contribution >= 0.6 is 11.3 Å². The average Bonchev–Trinajstić information content (AvgIpc) is 2.95. The lowest BCUT2D eigenvalue weighted by molar-refractivity contribution is 0.368. The van der Waals surface area contributed by atoms with Gasteiger partial charge in [-0.25, -0.2) is 0 Å². The molecule has 0 bridgehead atoms. The first kappa shape index (κ1) is 14.4. The predicted octanol–water partition coefficient (Wildman–Crippen LogP) is 4.39. The van der Waals surface area contributed by atoms with Crippen LogP contribution in [0.15, 0.2) is 36.4 Å². The van der Waals surface area contributed by atoms with Crippen LogP contribution in [0.5, 0.6) is 5.75 Å². The number of ether oxygens (including phenoxy) is 1. The first-order valence-electron chi connectivity index (χ1n) is 6.68. The van der Waals surface area contributed by atoms with Crippen LogP contribution in [0.25, 0.3) is 0 Å². The quantitative estimate of drug-likeness (QED) is 0.856. The van der Waals surface area contributed by atoms with Crippen LogP contribution in [0, 0.1) is 11.3 Å². The second-order valence-electron chi connectivity index (χ2n) is 4.49. The third kappa shape index (κ3) is 3.75. The Labute approximate surface area is 123 Å². The van der Waals surface area contributed by atoms with E-state index in [-0.39, 0.29) is 12.6 Å². The standard InChI is InChI=1S/C16H18N2OS/c1-3-15-8-9-16(20-15)12(2)18-13-4-6-14(7-5-13)19-11-10-17/h4-9,12,18H,3,11H2,1-2H3. The monoisotopic (exact) mass is 286 g/mol. The molecular weight excluding hydrogens is 268 g/mol. The maximum Gasteiger partial charge on any atom is 0.174 e. The summed E-state index contributed by atoms with van der Waals surface area (Å²) in [7, 11) is 0. The maximum absolute atomic E-state index is 8.46. The number of hydrogen-bond acceptors (Lipinski definition) is 4. The lowest BCUT2D eigenvalue weighted by Gasteiger charge is -2.14.